The van der Waals surface area contributed by atoms with Crippen LogP contribution in [0.5, 0.6) is 0 Å². The van der Waals surface area contributed by atoms with E-state index in [0.29, 0.717) is 22.9 Å². The molecule has 2 aromatic heterocycles. The van der Waals surface area contributed by atoms with Gasteiger partial charge >= 0.3 is 0 Å². The summed E-state index contributed by atoms with van der Waals surface area (Å²) in [5, 5.41) is 7.20. The van der Waals surface area contributed by atoms with Gasteiger partial charge in [-0.1, -0.05) is 23.7 Å². The summed E-state index contributed by atoms with van der Waals surface area (Å²) in [6.07, 6.45) is 3.04. The highest BCUT2D eigenvalue weighted by Crippen LogP contribution is 2.21. The van der Waals surface area contributed by atoms with E-state index in [9.17, 15) is 9.18 Å². The SMILES string of the molecule is Cc1occc1C(=O)Nc1nn(Cc2ccc(F)cc2)cc1Cl. The molecule has 5 nitrogen and oxygen atoms in total. The number of aromatic nitrogens is 2. The molecule has 1 N–H and O–H groups in total. The Morgan fingerprint density at radius 2 is 2.09 bits per heavy atom. The quantitative estimate of drug-likeness (QED) is 0.788. The number of amides is 1. The van der Waals surface area contributed by atoms with Gasteiger partial charge in [-0.2, -0.15) is 5.10 Å². The number of carbonyl (C=O) groups excluding carboxylic acids is 1. The molecule has 1 amide bonds. The highest BCUT2D eigenvalue weighted by molar-refractivity contribution is 6.33. The third kappa shape index (κ3) is 3.43. The van der Waals surface area contributed by atoms with Crippen LogP contribution in [0.15, 0.2) is 47.2 Å². The van der Waals surface area contributed by atoms with Gasteiger partial charge in [-0.05, 0) is 30.7 Å². The van der Waals surface area contributed by atoms with Gasteiger partial charge < -0.3 is 9.73 Å². The first-order valence-corrected chi connectivity index (χ1v) is 7.23. The average Bonchev–Trinajstić information content (AvgIpc) is 3.08. The van der Waals surface area contributed by atoms with Crippen molar-refractivity contribution >= 4 is 23.3 Å². The molecule has 3 aromatic rings. The third-order valence-corrected chi connectivity index (χ3v) is 3.59. The van der Waals surface area contributed by atoms with Gasteiger partial charge in [-0.25, -0.2) is 4.39 Å². The van der Waals surface area contributed by atoms with E-state index in [2.05, 4.69) is 10.4 Å². The number of anilines is 1. The standard InChI is InChI=1S/C16H13ClFN3O2/c1-10-13(6-7-23-10)16(22)19-15-14(17)9-21(20-15)8-11-2-4-12(18)5-3-11/h2-7,9H,8H2,1H3,(H,19,20,22). The number of benzene rings is 1. The largest absolute Gasteiger partial charge is 0.469 e. The molecule has 0 saturated carbocycles. The lowest BCUT2D eigenvalue weighted by atomic mass is 10.2. The minimum absolute atomic E-state index is 0.263. The van der Waals surface area contributed by atoms with Crippen molar-refractivity contribution in [3.63, 3.8) is 0 Å². The van der Waals surface area contributed by atoms with Crippen molar-refractivity contribution in [2.75, 3.05) is 5.32 Å². The van der Waals surface area contributed by atoms with Crippen molar-refractivity contribution in [1.82, 2.24) is 9.78 Å². The normalized spacial score (nSPS) is 10.7. The Morgan fingerprint density at radius 3 is 2.74 bits per heavy atom. The monoisotopic (exact) mass is 333 g/mol. The molecule has 0 aliphatic heterocycles. The Morgan fingerprint density at radius 1 is 1.35 bits per heavy atom. The summed E-state index contributed by atoms with van der Waals surface area (Å²) in [6, 6.07) is 7.67. The van der Waals surface area contributed by atoms with E-state index in [1.54, 1.807) is 36.0 Å². The first-order valence-electron chi connectivity index (χ1n) is 6.86. The zero-order valence-electron chi connectivity index (χ0n) is 12.2. The number of furan rings is 1. The average molecular weight is 334 g/mol. The zero-order chi connectivity index (χ0) is 16.4. The van der Waals surface area contributed by atoms with E-state index in [-0.39, 0.29) is 17.5 Å². The number of hydrogen-bond donors (Lipinski definition) is 1. The minimum Gasteiger partial charge on any atom is -0.469 e. The number of aryl methyl sites for hydroxylation is 1. The predicted molar refractivity (Wildman–Crippen MR) is 84.1 cm³/mol. The van der Waals surface area contributed by atoms with Crippen molar-refractivity contribution in [2.45, 2.75) is 13.5 Å². The number of nitrogens with one attached hydrogen (secondary N) is 1. The zero-order valence-corrected chi connectivity index (χ0v) is 13.0. The Bertz CT molecular complexity index is 839. The van der Waals surface area contributed by atoms with Crippen LogP contribution in [0.25, 0.3) is 0 Å². The van der Waals surface area contributed by atoms with Crippen LogP contribution in [-0.2, 0) is 6.54 Å². The smallest absolute Gasteiger partial charge is 0.260 e. The van der Waals surface area contributed by atoms with E-state index in [0.717, 1.165) is 5.56 Å². The van der Waals surface area contributed by atoms with Gasteiger partial charge in [0.1, 0.15) is 16.6 Å². The highest BCUT2D eigenvalue weighted by atomic mass is 35.5. The Labute approximate surface area is 136 Å². The van der Waals surface area contributed by atoms with E-state index in [1.165, 1.54) is 18.4 Å². The molecule has 0 aliphatic rings. The molecular formula is C16H13ClFN3O2. The molecule has 0 spiro atoms. The maximum Gasteiger partial charge on any atom is 0.260 e. The molecule has 0 atom stereocenters. The Hall–Kier alpha value is -2.60. The summed E-state index contributed by atoms with van der Waals surface area (Å²) >= 11 is 6.10. The molecule has 0 radical (unpaired) electrons. The second-order valence-electron chi connectivity index (χ2n) is 4.99. The van der Waals surface area contributed by atoms with Crippen molar-refractivity contribution in [2.24, 2.45) is 0 Å². The second-order valence-corrected chi connectivity index (χ2v) is 5.40. The fourth-order valence-corrected chi connectivity index (χ4v) is 2.33. The fraction of sp³-hybridized carbons (Fsp3) is 0.125. The summed E-state index contributed by atoms with van der Waals surface area (Å²) < 4.78 is 19.6. The lowest BCUT2D eigenvalue weighted by Crippen LogP contribution is -2.13. The van der Waals surface area contributed by atoms with Crippen LogP contribution in [-0.4, -0.2) is 15.7 Å². The molecule has 118 valence electrons. The van der Waals surface area contributed by atoms with Gasteiger partial charge in [0.2, 0.25) is 0 Å². The lowest BCUT2D eigenvalue weighted by molar-refractivity contribution is 0.102. The van der Waals surface area contributed by atoms with Crippen molar-refractivity contribution < 1.29 is 13.6 Å². The van der Waals surface area contributed by atoms with E-state index < -0.39 is 0 Å². The van der Waals surface area contributed by atoms with Gasteiger partial charge in [-0.3, -0.25) is 9.48 Å². The topological polar surface area (TPSA) is 60.1 Å². The molecule has 2 heterocycles. The maximum atomic E-state index is 12.9. The van der Waals surface area contributed by atoms with Gasteiger partial charge in [0.05, 0.1) is 18.4 Å². The molecule has 0 unspecified atom stereocenters. The predicted octanol–water partition coefficient (Wildman–Crippen LogP) is 3.88. The van der Waals surface area contributed by atoms with Crippen molar-refractivity contribution in [3.05, 3.63) is 70.5 Å². The number of halogens is 2. The molecular weight excluding hydrogens is 321 g/mol. The molecule has 3 rings (SSSR count). The highest BCUT2D eigenvalue weighted by Gasteiger charge is 2.15. The minimum atomic E-state index is -0.342. The van der Waals surface area contributed by atoms with Crippen molar-refractivity contribution in [3.8, 4) is 0 Å². The molecule has 23 heavy (non-hydrogen) atoms. The molecule has 7 heteroatoms. The van der Waals surface area contributed by atoms with Crippen LogP contribution in [0.1, 0.15) is 21.7 Å². The summed E-state index contributed by atoms with van der Waals surface area (Å²) in [7, 11) is 0. The van der Waals surface area contributed by atoms with Crippen LogP contribution < -0.4 is 5.32 Å². The molecule has 1 aromatic carbocycles. The van der Waals surface area contributed by atoms with Crippen LogP contribution in [0.3, 0.4) is 0 Å². The molecule has 0 saturated heterocycles. The second kappa shape index (κ2) is 6.26. The molecule has 0 bridgehead atoms. The Kier molecular flexibility index (Phi) is 4.16. The van der Waals surface area contributed by atoms with Crippen LogP contribution in [0, 0.1) is 12.7 Å². The third-order valence-electron chi connectivity index (χ3n) is 3.31. The number of rotatable bonds is 4. The first-order chi connectivity index (χ1) is 11.0. The van der Waals surface area contributed by atoms with E-state index in [1.807, 2.05) is 0 Å². The van der Waals surface area contributed by atoms with Crippen LogP contribution in [0.2, 0.25) is 5.02 Å². The summed E-state index contributed by atoms with van der Waals surface area (Å²) in [5.74, 6) is 0.143. The van der Waals surface area contributed by atoms with Crippen LogP contribution in [0.4, 0.5) is 10.2 Å². The first kappa shape index (κ1) is 15.3. The fourth-order valence-electron chi connectivity index (χ4n) is 2.14. The number of hydrogen-bond acceptors (Lipinski definition) is 3. The summed E-state index contributed by atoms with van der Waals surface area (Å²) in [5.41, 5.74) is 1.29. The Balaban J connectivity index is 1.74. The summed E-state index contributed by atoms with van der Waals surface area (Å²) in [4.78, 5) is 12.1. The van der Waals surface area contributed by atoms with Gasteiger partial charge in [0.25, 0.3) is 5.91 Å². The number of nitrogens with zero attached hydrogens (tertiary/aromatic N) is 2. The van der Waals surface area contributed by atoms with Crippen molar-refractivity contribution in [1.29, 1.82) is 0 Å². The molecule has 0 fully saturated rings. The van der Waals surface area contributed by atoms with Gasteiger partial charge in [0.15, 0.2) is 5.82 Å². The van der Waals surface area contributed by atoms with E-state index in [4.69, 9.17) is 16.0 Å². The van der Waals surface area contributed by atoms with Gasteiger partial charge in [-0.15, -0.1) is 0 Å². The van der Waals surface area contributed by atoms with Gasteiger partial charge in [0, 0.05) is 6.20 Å². The molecule has 0 aliphatic carbocycles. The van der Waals surface area contributed by atoms with Crippen LogP contribution >= 0.6 is 11.6 Å². The summed E-state index contributed by atoms with van der Waals surface area (Å²) in [6.45, 7) is 2.12. The van der Waals surface area contributed by atoms with E-state index >= 15 is 0 Å². The maximum absolute atomic E-state index is 12.9. The lowest BCUT2D eigenvalue weighted by Gasteiger charge is -2.02. The number of carbonyl (C=O) groups is 1.